The Hall–Kier alpha value is -2.90. The summed E-state index contributed by atoms with van der Waals surface area (Å²) < 4.78 is 81.0. The van der Waals surface area contributed by atoms with Crippen LogP contribution in [0.1, 0.15) is 37.7 Å². The molecule has 0 saturated carbocycles. The second kappa shape index (κ2) is 11.9. The summed E-state index contributed by atoms with van der Waals surface area (Å²) in [5, 5.41) is 2.85. The minimum atomic E-state index is -4.45. The van der Waals surface area contributed by atoms with Crippen molar-refractivity contribution < 1.29 is 35.8 Å². The number of aromatic nitrogens is 2. The van der Waals surface area contributed by atoms with Gasteiger partial charge in [0, 0.05) is 44.6 Å². The summed E-state index contributed by atoms with van der Waals surface area (Å²) in [4.78, 5) is 11.7. The molecule has 0 aliphatic carbocycles. The molecule has 40 heavy (non-hydrogen) atoms. The maximum Gasteiger partial charge on any atom is 0.409 e. The van der Waals surface area contributed by atoms with E-state index in [0.717, 1.165) is 6.08 Å². The lowest BCUT2D eigenvalue weighted by Gasteiger charge is -2.37. The highest BCUT2D eigenvalue weighted by atomic mass is 32.2. The van der Waals surface area contributed by atoms with Gasteiger partial charge in [0.25, 0.3) is 0 Å². The first-order valence-electron chi connectivity index (χ1n) is 13.1. The summed E-state index contributed by atoms with van der Waals surface area (Å²) in [5.41, 5.74) is 1.08. The minimum Gasteiger partial charge on any atom is -0.488 e. The second-order valence-corrected chi connectivity index (χ2v) is 12.3. The fraction of sp³-hybridized carbons (Fsp3) is 0.556. The van der Waals surface area contributed by atoms with Crippen LogP contribution in [0.3, 0.4) is 0 Å². The van der Waals surface area contributed by atoms with Gasteiger partial charge in [-0.1, -0.05) is 25.7 Å². The van der Waals surface area contributed by atoms with Gasteiger partial charge in [0.2, 0.25) is 0 Å². The molecule has 0 bridgehead atoms. The Morgan fingerprint density at radius 3 is 2.77 bits per heavy atom. The predicted molar refractivity (Wildman–Crippen MR) is 146 cm³/mol. The number of morpholine rings is 1. The SMILES string of the molecule is C=C(C1=CC(/C=C/C(F)(F)F)NC=C1)c1nc2c(c(C(CC)(CCOC)S(C)(=O)=O)n1)OCC[C@@H]1COCCN21. The predicted octanol–water partition coefficient (Wildman–Crippen LogP) is 3.69. The second-order valence-electron chi connectivity index (χ2n) is 10.00. The zero-order valence-electron chi connectivity index (χ0n) is 22.8. The Morgan fingerprint density at radius 2 is 2.10 bits per heavy atom. The molecule has 1 aromatic heterocycles. The Kier molecular flexibility index (Phi) is 8.96. The molecule has 1 aromatic rings. The summed E-state index contributed by atoms with van der Waals surface area (Å²) in [6.07, 6.45) is 3.68. The Balaban J connectivity index is 1.89. The lowest BCUT2D eigenvalue weighted by Crippen LogP contribution is -2.46. The number of alkyl halides is 3. The summed E-state index contributed by atoms with van der Waals surface area (Å²) >= 11 is 0. The number of sulfone groups is 1. The quantitative estimate of drug-likeness (QED) is 0.436. The maximum atomic E-state index is 13.5. The Morgan fingerprint density at radius 1 is 1.32 bits per heavy atom. The van der Waals surface area contributed by atoms with Crippen LogP contribution >= 0.6 is 0 Å². The average Bonchev–Trinajstić information content (AvgIpc) is 3.10. The zero-order chi connectivity index (χ0) is 29.1. The van der Waals surface area contributed by atoms with Gasteiger partial charge >= 0.3 is 6.18 Å². The lowest BCUT2D eigenvalue weighted by atomic mass is 9.95. The topological polar surface area (TPSA) is 103 Å². The molecule has 0 aromatic carbocycles. The van der Waals surface area contributed by atoms with Crippen molar-refractivity contribution in [2.45, 2.75) is 49.2 Å². The molecule has 0 amide bonds. The summed E-state index contributed by atoms with van der Waals surface area (Å²) in [6, 6.07) is -0.764. The van der Waals surface area contributed by atoms with E-state index in [1.165, 1.54) is 19.6 Å². The summed E-state index contributed by atoms with van der Waals surface area (Å²) in [6.45, 7) is 7.91. The van der Waals surface area contributed by atoms with Crippen LogP contribution in [0, 0.1) is 0 Å². The van der Waals surface area contributed by atoms with Gasteiger partial charge in [-0.15, -0.1) is 0 Å². The van der Waals surface area contributed by atoms with Crippen LogP contribution in [0.5, 0.6) is 5.75 Å². The van der Waals surface area contributed by atoms with Gasteiger partial charge in [-0.25, -0.2) is 18.4 Å². The van der Waals surface area contributed by atoms with Gasteiger partial charge in [-0.3, -0.25) is 0 Å². The van der Waals surface area contributed by atoms with Gasteiger partial charge in [0.1, 0.15) is 10.4 Å². The molecule has 2 unspecified atom stereocenters. The molecular formula is C27H35F3N4O5S. The van der Waals surface area contributed by atoms with Crippen molar-refractivity contribution >= 4 is 21.2 Å². The number of hydrogen-bond donors (Lipinski definition) is 1. The fourth-order valence-corrected chi connectivity index (χ4v) is 6.70. The molecule has 4 heterocycles. The third-order valence-electron chi connectivity index (χ3n) is 7.49. The van der Waals surface area contributed by atoms with E-state index in [-0.39, 0.29) is 43.1 Å². The number of halogens is 3. The standard InChI is InChI=1S/C27H35F3N4O5S/c1-5-26(10-14-37-3,40(4,35)36)23-22-25(34-12-15-38-17-21(34)8-13-39-22)33-24(32-23)18(2)19-7-11-31-20(16-19)6-9-27(28,29)30/h6-7,9,11,16,20-21,31H,2,5,8,10,12-15,17H2,1,3-4H3/b9-6+/t20?,21-,26?/m1/s1. The van der Waals surface area contributed by atoms with E-state index in [4.69, 9.17) is 24.2 Å². The maximum absolute atomic E-state index is 13.5. The Bertz CT molecular complexity index is 1310. The molecule has 0 radical (unpaired) electrons. The smallest absolute Gasteiger partial charge is 0.409 e. The number of dihydropyridines is 1. The van der Waals surface area contributed by atoms with Crippen LogP contribution in [-0.2, 0) is 24.1 Å². The highest BCUT2D eigenvalue weighted by Gasteiger charge is 2.47. The van der Waals surface area contributed by atoms with E-state index in [2.05, 4.69) is 16.8 Å². The van der Waals surface area contributed by atoms with Crippen LogP contribution in [0.4, 0.5) is 19.0 Å². The molecular weight excluding hydrogens is 549 g/mol. The van der Waals surface area contributed by atoms with Gasteiger partial charge < -0.3 is 24.4 Å². The van der Waals surface area contributed by atoms with Crippen LogP contribution in [0.15, 0.2) is 42.7 Å². The van der Waals surface area contributed by atoms with Crippen LogP contribution in [0.25, 0.3) is 5.57 Å². The molecule has 3 aliphatic rings. The van der Waals surface area contributed by atoms with E-state index in [9.17, 15) is 21.6 Å². The third-order valence-corrected chi connectivity index (χ3v) is 9.59. The van der Waals surface area contributed by atoms with Gasteiger partial charge in [-0.2, -0.15) is 13.2 Å². The average molecular weight is 585 g/mol. The molecule has 9 nitrogen and oxygen atoms in total. The van der Waals surface area contributed by atoms with Gasteiger partial charge in [0.05, 0.1) is 31.9 Å². The van der Waals surface area contributed by atoms with E-state index in [0.29, 0.717) is 55.5 Å². The van der Waals surface area contributed by atoms with Gasteiger partial charge in [0.15, 0.2) is 27.2 Å². The molecule has 1 N–H and O–H groups in total. The molecule has 3 aliphatic heterocycles. The van der Waals surface area contributed by atoms with Crippen LogP contribution < -0.4 is 15.0 Å². The Labute approximate surface area is 232 Å². The highest BCUT2D eigenvalue weighted by molar-refractivity contribution is 7.91. The van der Waals surface area contributed by atoms with Crippen molar-refractivity contribution in [2.24, 2.45) is 0 Å². The van der Waals surface area contributed by atoms with Crippen molar-refractivity contribution in [3.63, 3.8) is 0 Å². The molecule has 13 heteroatoms. The van der Waals surface area contributed by atoms with Crippen molar-refractivity contribution in [1.29, 1.82) is 0 Å². The number of anilines is 1. The number of hydrogen-bond acceptors (Lipinski definition) is 9. The normalized spacial score (nSPS) is 22.9. The molecule has 220 valence electrons. The van der Waals surface area contributed by atoms with Crippen molar-refractivity contribution in [1.82, 2.24) is 15.3 Å². The zero-order valence-corrected chi connectivity index (χ0v) is 23.6. The molecule has 4 rings (SSSR count). The van der Waals surface area contributed by atoms with Crippen molar-refractivity contribution in [3.05, 3.63) is 54.2 Å². The van der Waals surface area contributed by atoms with Crippen LogP contribution in [-0.4, -0.2) is 83.0 Å². The minimum absolute atomic E-state index is 0.0259. The number of fused-ring (bicyclic) bond motifs is 3. The summed E-state index contributed by atoms with van der Waals surface area (Å²) in [5.74, 6) is 0.933. The first-order valence-corrected chi connectivity index (χ1v) is 15.0. The number of nitrogens with zero attached hydrogens (tertiary/aromatic N) is 3. The highest BCUT2D eigenvalue weighted by Crippen LogP contribution is 2.46. The number of allylic oxidation sites excluding steroid dienone is 4. The monoisotopic (exact) mass is 584 g/mol. The largest absolute Gasteiger partial charge is 0.488 e. The van der Waals surface area contributed by atoms with Crippen molar-refractivity contribution in [3.8, 4) is 5.75 Å². The first kappa shape index (κ1) is 30.1. The number of methoxy groups -OCH3 is 1. The lowest BCUT2D eigenvalue weighted by molar-refractivity contribution is -0.0800. The molecule has 0 spiro atoms. The van der Waals surface area contributed by atoms with Gasteiger partial charge in [-0.05, 0) is 30.7 Å². The van der Waals surface area contributed by atoms with E-state index in [1.54, 1.807) is 19.1 Å². The molecule has 3 atom stereocenters. The van der Waals surface area contributed by atoms with Crippen LogP contribution in [0.2, 0.25) is 0 Å². The molecule has 1 saturated heterocycles. The van der Waals surface area contributed by atoms with E-state index in [1.807, 2.05) is 0 Å². The third kappa shape index (κ3) is 6.21. The summed E-state index contributed by atoms with van der Waals surface area (Å²) in [7, 11) is -2.25. The van der Waals surface area contributed by atoms with E-state index < -0.39 is 26.8 Å². The van der Waals surface area contributed by atoms with Crippen molar-refractivity contribution in [2.75, 3.05) is 51.2 Å². The first-order chi connectivity index (χ1) is 18.9. The number of rotatable bonds is 9. The number of nitrogens with one attached hydrogen (secondary N) is 1. The van der Waals surface area contributed by atoms with E-state index >= 15 is 0 Å². The molecule has 1 fully saturated rings. The number of ether oxygens (including phenoxy) is 3. The fourth-order valence-electron chi connectivity index (χ4n) is 5.23.